The van der Waals surface area contributed by atoms with E-state index in [0.29, 0.717) is 0 Å². The fourth-order valence-corrected chi connectivity index (χ4v) is 9.29. The highest BCUT2D eigenvalue weighted by Gasteiger charge is 2.28. The van der Waals surface area contributed by atoms with E-state index in [1.54, 1.807) is 0 Å². The van der Waals surface area contributed by atoms with Crippen molar-refractivity contribution in [2.75, 3.05) is 0 Å². The predicted octanol–water partition coefficient (Wildman–Crippen LogP) is 11.9. The van der Waals surface area contributed by atoms with Gasteiger partial charge < -0.3 is 0 Å². The van der Waals surface area contributed by atoms with Gasteiger partial charge in [0.1, 0.15) is 0 Å². The van der Waals surface area contributed by atoms with Gasteiger partial charge in [-0.3, -0.25) is 0 Å². The SMILES string of the molecule is C=CCCCCCCCC[Si](Cl)(CCCCCCCCC=C)CCCCCCCCC=C. The van der Waals surface area contributed by atoms with Crippen molar-refractivity contribution in [3.8, 4) is 0 Å². The zero-order chi connectivity index (χ0) is 23.6. The van der Waals surface area contributed by atoms with Gasteiger partial charge in [-0.1, -0.05) is 115 Å². The highest BCUT2D eigenvalue weighted by molar-refractivity contribution is 7.20. The summed E-state index contributed by atoms with van der Waals surface area (Å²) in [7, 11) is -1.56. The maximum absolute atomic E-state index is 7.39. The summed E-state index contributed by atoms with van der Waals surface area (Å²) >= 11 is 7.39. The van der Waals surface area contributed by atoms with E-state index in [0.717, 1.165) is 0 Å². The summed E-state index contributed by atoms with van der Waals surface area (Å²) in [5, 5.41) is 0. The summed E-state index contributed by atoms with van der Waals surface area (Å²) in [6.07, 6.45) is 34.4. The van der Waals surface area contributed by atoms with Gasteiger partial charge in [0.2, 0.25) is 0 Å². The second kappa shape index (κ2) is 25.4. The Morgan fingerprint density at radius 1 is 0.375 bits per heavy atom. The Morgan fingerprint density at radius 3 is 0.844 bits per heavy atom. The molecular weight excluding hydrogens is 424 g/mol. The summed E-state index contributed by atoms with van der Waals surface area (Å²) in [5.74, 6) is 0. The largest absolute Gasteiger partial charge is 0.167 e. The first-order valence-electron chi connectivity index (χ1n) is 14.2. The van der Waals surface area contributed by atoms with Gasteiger partial charge in [0.25, 0.3) is 0 Å². The van der Waals surface area contributed by atoms with Crippen LogP contribution >= 0.6 is 11.1 Å². The highest BCUT2D eigenvalue weighted by Crippen LogP contribution is 2.33. The second-order valence-electron chi connectivity index (χ2n) is 10.00. The first kappa shape index (κ1) is 31.7. The topological polar surface area (TPSA) is 0 Å². The van der Waals surface area contributed by atoms with E-state index in [1.807, 2.05) is 0 Å². The molecule has 0 aliphatic rings. The van der Waals surface area contributed by atoms with E-state index in [2.05, 4.69) is 38.0 Å². The van der Waals surface area contributed by atoms with Gasteiger partial charge in [0.15, 0.2) is 7.38 Å². The summed E-state index contributed by atoms with van der Waals surface area (Å²) in [6, 6.07) is 4.08. The van der Waals surface area contributed by atoms with Crippen molar-refractivity contribution in [3.05, 3.63) is 38.0 Å². The van der Waals surface area contributed by atoms with Crippen LogP contribution in [-0.4, -0.2) is 7.38 Å². The van der Waals surface area contributed by atoms with E-state index in [-0.39, 0.29) is 0 Å². The lowest BCUT2D eigenvalue weighted by molar-refractivity contribution is 0.598. The first-order chi connectivity index (χ1) is 15.7. The zero-order valence-corrected chi connectivity index (χ0v) is 23.5. The summed E-state index contributed by atoms with van der Waals surface area (Å²) in [4.78, 5) is 0. The standard InChI is InChI=1S/C30H57ClSi/c1-4-7-10-13-16-19-22-25-28-32(31,29-26-23-20-17-14-11-8-5-2)30-27-24-21-18-15-12-9-6-3/h4-6H,1-3,7-30H2. The lowest BCUT2D eigenvalue weighted by atomic mass is 10.1. The van der Waals surface area contributed by atoms with Crippen molar-refractivity contribution >= 4 is 18.5 Å². The number of hydrogen-bond acceptors (Lipinski definition) is 0. The number of hydrogen-bond donors (Lipinski definition) is 0. The van der Waals surface area contributed by atoms with Gasteiger partial charge in [-0.15, -0.1) is 19.7 Å². The lowest BCUT2D eigenvalue weighted by Crippen LogP contribution is -2.26. The normalized spacial score (nSPS) is 11.5. The van der Waals surface area contributed by atoms with Crippen molar-refractivity contribution in [1.82, 2.24) is 0 Å². The molecule has 0 nitrogen and oxygen atoms in total. The number of allylic oxidation sites excluding steroid dienone is 3. The molecule has 0 heterocycles. The van der Waals surface area contributed by atoms with Crippen LogP contribution in [0.1, 0.15) is 135 Å². The quantitative estimate of drug-likeness (QED) is 0.0474. The molecular formula is C30H57ClSi. The Bertz CT molecular complexity index is 357. The van der Waals surface area contributed by atoms with Crippen LogP contribution in [0.4, 0.5) is 0 Å². The van der Waals surface area contributed by atoms with E-state index < -0.39 is 7.38 Å². The molecule has 0 aliphatic carbocycles. The van der Waals surface area contributed by atoms with Crippen LogP contribution in [0.25, 0.3) is 0 Å². The third-order valence-corrected chi connectivity index (χ3v) is 12.3. The highest BCUT2D eigenvalue weighted by atomic mass is 35.6. The fourth-order valence-electron chi connectivity index (χ4n) is 4.69. The number of rotatable bonds is 27. The van der Waals surface area contributed by atoms with Crippen LogP contribution < -0.4 is 0 Å². The molecule has 0 atom stereocenters. The predicted molar refractivity (Wildman–Crippen MR) is 154 cm³/mol. The van der Waals surface area contributed by atoms with Gasteiger partial charge in [0, 0.05) is 0 Å². The molecule has 0 aromatic carbocycles. The molecule has 0 aliphatic heterocycles. The van der Waals surface area contributed by atoms with Crippen LogP contribution in [0.5, 0.6) is 0 Å². The van der Waals surface area contributed by atoms with Gasteiger partial charge >= 0.3 is 0 Å². The van der Waals surface area contributed by atoms with Crippen LogP contribution in [0.2, 0.25) is 18.1 Å². The Kier molecular flexibility index (Phi) is 25.1. The molecule has 188 valence electrons. The average molecular weight is 481 g/mol. The fraction of sp³-hybridized carbons (Fsp3) is 0.800. The van der Waals surface area contributed by atoms with Crippen LogP contribution in [-0.2, 0) is 0 Å². The van der Waals surface area contributed by atoms with Crippen molar-refractivity contribution in [2.24, 2.45) is 0 Å². The zero-order valence-electron chi connectivity index (χ0n) is 21.7. The van der Waals surface area contributed by atoms with E-state index >= 15 is 0 Å². The third-order valence-electron chi connectivity index (χ3n) is 6.85. The van der Waals surface area contributed by atoms with Crippen LogP contribution in [0.15, 0.2) is 38.0 Å². The Balaban J connectivity index is 4.08. The molecule has 0 saturated heterocycles. The molecule has 0 N–H and O–H groups in total. The summed E-state index contributed by atoms with van der Waals surface area (Å²) in [6.45, 7) is 11.5. The maximum atomic E-state index is 7.39. The minimum Gasteiger partial charge on any atom is -0.167 e. The van der Waals surface area contributed by atoms with Crippen molar-refractivity contribution in [2.45, 2.75) is 153 Å². The molecule has 0 aromatic heterocycles. The van der Waals surface area contributed by atoms with E-state index in [4.69, 9.17) is 11.1 Å². The molecule has 0 saturated carbocycles. The van der Waals surface area contributed by atoms with Gasteiger partial charge in [-0.05, 0) is 56.7 Å². The maximum Gasteiger partial charge on any atom is 0.156 e. The minimum absolute atomic E-state index is 1.18. The lowest BCUT2D eigenvalue weighted by Gasteiger charge is -2.25. The monoisotopic (exact) mass is 480 g/mol. The molecule has 0 aromatic rings. The smallest absolute Gasteiger partial charge is 0.156 e. The first-order valence-corrected chi connectivity index (χ1v) is 17.8. The Morgan fingerprint density at radius 2 is 0.594 bits per heavy atom. The minimum atomic E-state index is -1.56. The van der Waals surface area contributed by atoms with Crippen LogP contribution in [0, 0.1) is 0 Å². The second-order valence-corrected chi connectivity index (χ2v) is 16.2. The van der Waals surface area contributed by atoms with Gasteiger partial charge in [-0.2, -0.15) is 11.1 Å². The van der Waals surface area contributed by atoms with Crippen molar-refractivity contribution in [1.29, 1.82) is 0 Å². The molecule has 0 radical (unpaired) electrons. The summed E-state index contributed by atoms with van der Waals surface area (Å²) in [5.41, 5.74) is 0. The molecule has 0 bridgehead atoms. The Hall–Kier alpha value is -0.273. The average Bonchev–Trinajstić information content (AvgIpc) is 2.79. The molecule has 0 unspecified atom stereocenters. The summed E-state index contributed by atoms with van der Waals surface area (Å²) < 4.78 is 0. The molecule has 0 amide bonds. The molecule has 2 heteroatoms. The molecule has 0 rings (SSSR count). The van der Waals surface area contributed by atoms with E-state index in [1.165, 1.54) is 153 Å². The Labute approximate surface area is 209 Å². The number of unbranched alkanes of at least 4 members (excludes halogenated alkanes) is 18. The third kappa shape index (κ3) is 22.9. The van der Waals surface area contributed by atoms with Crippen molar-refractivity contribution in [3.63, 3.8) is 0 Å². The number of halogens is 1. The van der Waals surface area contributed by atoms with Crippen LogP contribution in [0.3, 0.4) is 0 Å². The molecule has 0 fully saturated rings. The van der Waals surface area contributed by atoms with E-state index in [9.17, 15) is 0 Å². The van der Waals surface area contributed by atoms with Crippen molar-refractivity contribution < 1.29 is 0 Å². The molecule has 0 spiro atoms. The van der Waals surface area contributed by atoms with Gasteiger partial charge in [0.05, 0.1) is 0 Å². The molecule has 32 heavy (non-hydrogen) atoms. The van der Waals surface area contributed by atoms with Gasteiger partial charge in [-0.25, -0.2) is 0 Å².